The van der Waals surface area contributed by atoms with Crippen molar-refractivity contribution in [1.82, 2.24) is 5.32 Å². The van der Waals surface area contributed by atoms with Crippen molar-refractivity contribution in [2.24, 2.45) is 10.7 Å². The first kappa shape index (κ1) is 17.0. The number of hydrogen-bond acceptors (Lipinski definition) is 5. The summed E-state index contributed by atoms with van der Waals surface area (Å²) in [5.74, 6) is 0.731. The molecule has 2 aliphatic rings. The number of guanidine groups is 1. The van der Waals surface area contributed by atoms with Gasteiger partial charge in [-0.15, -0.1) is 0 Å². The molecule has 7 heteroatoms. The SMILES string of the molecule is COc1ccccc1CN=C(N)NCC1COC2(CCOCC2)O1. The summed E-state index contributed by atoms with van der Waals surface area (Å²) < 4.78 is 22.6. The molecule has 3 N–H and O–H groups in total. The van der Waals surface area contributed by atoms with Gasteiger partial charge >= 0.3 is 0 Å². The summed E-state index contributed by atoms with van der Waals surface area (Å²) in [5.41, 5.74) is 6.93. The molecule has 1 unspecified atom stereocenters. The fraction of sp³-hybridized carbons (Fsp3) is 0.588. The van der Waals surface area contributed by atoms with E-state index in [1.54, 1.807) is 7.11 Å². The maximum Gasteiger partial charge on any atom is 0.189 e. The molecule has 2 fully saturated rings. The molecule has 0 radical (unpaired) electrons. The van der Waals surface area contributed by atoms with Gasteiger partial charge in [-0.25, -0.2) is 4.99 Å². The van der Waals surface area contributed by atoms with E-state index in [-0.39, 0.29) is 6.10 Å². The second-order valence-electron chi connectivity index (χ2n) is 5.97. The molecule has 7 nitrogen and oxygen atoms in total. The Kier molecular flexibility index (Phi) is 5.55. The Morgan fingerprint density at radius 2 is 2.17 bits per heavy atom. The second kappa shape index (κ2) is 7.83. The normalized spacial score (nSPS) is 23.4. The summed E-state index contributed by atoms with van der Waals surface area (Å²) in [4.78, 5) is 4.35. The number of ether oxygens (including phenoxy) is 4. The predicted molar refractivity (Wildman–Crippen MR) is 89.9 cm³/mol. The molecule has 2 heterocycles. The Morgan fingerprint density at radius 1 is 1.38 bits per heavy atom. The first-order valence-electron chi connectivity index (χ1n) is 8.26. The zero-order chi connectivity index (χ0) is 16.8. The Hall–Kier alpha value is -1.83. The first-order chi connectivity index (χ1) is 11.7. The predicted octanol–water partition coefficient (Wildman–Crippen LogP) is 1.02. The first-order valence-corrected chi connectivity index (χ1v) is 8.26. The molecule has 132 valence electrons. The van der Waals surface area contributed by atoms with Gasteiger partial charge in [0, 0.05) is 24.9 Å². The van der Waals surface area contributed by atoms with E-state index >= 15 is 0 Å². The summed E-state index contributed by atoms with van der Waals surface area (Å²) >= 11 is 0. The topological polar surface area (TPSA) is 87.3 Å². The van der Waals surface area contributed by atoms with Crippen molar-refractivity contribution >= 4 is 5.96 Å². The van der Waals surface area contributed by atoms with Crippen LogP contribution >= 0.6 is 0 Å². The number of hydrogen-bond donors (Lipinski definition) is 2. The number of nitrogens with two attached hydrogens (primary N) is 1. The standard InChI is InChI=1S/C17H25N3O4/c1-21-15-5-3-2-4-13(15)10-19-16(18)20-11-14-12-23-17(24-14)6-8-22-9-7-17/h2-5,14H,6-12H2,1H3,(H3,18,19,20). The van der Waals surface area contributed by atoms with Crippen LogP contribution in [0.4, 0.5) is 0 Å². The van der Waals surface area contributed by atoms with E-state index in [9.17, 15) is 0 Å². The van der Waals surface area contributed by atoms with Crippen molar-refractivity contribution in [2.45, 2.75) is 31.3 Å². The van der Waals surface area contributed by atoms with Crippen LogP contribution in [0.15, 0.2) is 29.3 Å². The lowest BCUT2D eigenvalue weighted by atomic mass is 10.1. The van der Waals surface area contributed by atoms with Gasteiger partial charge in [0.1, 0.15) is 11.9 Å². The highest BCUT2D eigenvalue weighted by molar-refractivity contribution is 5.77. The minimum atomic E-state index is -0.464. The van der Waals surface area contributed by atoms with Crippen LogP contribution in [0.1, 0.15) is 18.4 Å². The molecule has 0 amide bonds. The number of nitrogens with one attached hydrogen (secondary N) is 1. The molecular weight excluding hydrogens is 310 g/mol. The summed E-state index contributed by atoms with van der Waals surface area (Å²) in [5, 5.41) is 3.10. The zero-order valence-corrected chi connectivity index (χ0v) is 14.0. The highest BCUT2D eigenvalue weighted by atomic mass is 16.7. The lowest BCUT2D eigenvalue weighted by molar-refractivity contribution is -0.210. The summed E-state index contributed by atoms with van der Waals surface area (Å²) in [7, 11) is 1.65. The molecule has 24 heavy (non-hydrogen) atoms. The number of aliphatic imine (C=N–C) groups is 1. The molecule has 0 saturated carbocycles. The highest BCUT2D eigenvalue weighted by Gasteiger charge is 2.42. The molecule has 1 aromatic rings. The Bertz CT molecular complexity index is 573. The van der Waals surface area contributed by atoms with Crippen LogP contribution in [0.25, 0.3) is 0 Å². The molecule has 2 aliphatic heterocycles. The number of methoxy groups -OCH3 is 1. The van der Waals surface area contributed by atoms with Crippen LogP contribution in [0, 0.1) is 0 Å². The van der Waals surface area contributed by atoms with Gasteiger partial charge in [0.05, 0.1) is 33.5 Å². The van der Waals surface area contributed by atoms with Crippen molar-refractivity contribution in [3.05, 3.63) is 29.8 Å². The second-order valence-corrected chi connectivity index (χ2v) is 5.97. The van der Waals surface area contributed by atoms with E-state index in [1.807, 2.05) is 24.3 Å². The lowest BCUT2D eigenvalue weighted by Crippen LogP contribution is -2.41. The van der Waals surface area contributed by atoms with Crippen LogP contribution in [0.5, 0.6) is 5.75 Å². The maximum absolute atomic E-state index is 6.04. The summed E-state index contributed by atoms with van der Waals surface area (Å²) in [6.45, 7) is 2.97. The monoisotopic (exact) mass is 335 g/mol. The molecule has 1 aromatic carbocycles. The molecule has 0 bridgehead atoms. The van der Waals surface area contributed by atoms with Crippen LogP contribution in [-0.4, -0.2) is 51.3 Å². The summed E-state index contributed by atoms with van der Waals surface area (Å²) in [6, 6.07) is 7.76. The number of benzene rings is 1. The average Bonchev–Trinajstić information content (AvgIpc) is 3.01. The van der Waals surface area contributed by atoms with E-state index in [1.165, 1.54) is 0 Å². The van der Waals surface area contributed by atoms with E-state index in [4.69, 9.17) is 24.7 Å². The van der Waals surface area contributed by atoms with Gasteiger partial charge in [-0.2, -0.15) is 0 Å². The smallest absolute Gasteiger partial charge is 0.189 e. The minimum Gasteiger partial charge on any atom is -0.496 e. The van der Waals surface area contributed by atoms with Crippen LogP contribution in [-0.2, 0) is 20.8 Å². The van der Waals surface area contributed by atoms with E-state index in [0.717, 1.165) is 24.2 Å². The molecular formula is C17H25N3O4. The van der Waals surface area contributed by atoms with Gasteiger partial charge in [-0.05, 0) is 6.07 Å². The van der Waals surface area contributed by atoms with E-state index in [0.29, 0.717) is 38.9 Å². The molecule has 1 spiro atoms. The van der Waals surface area contributed by atoms with Crippen molar-refractivity contribution in [3.63, 3.8) is 0 Å². The number of rotatable bonds is 5. The van der Waals surface area contributed by atoms with Crippen molar-refractivity contribution in [1.29, 1.82) is 0 Å². The third kappa shape index (κ3) is 4.17. The van der Waals surface area contributed by atoms with Crippen LogP contribution in [0.2, 0.25) is 0 Å². The van der Waals surface area contributed by atoms with Gasteiger partial charge in [0.25, 0.3) is 0 Å². The zero-order valence-electron chi connectivity index (χ0n) is 14.0. The quantitative estimate of drug-likeness (QED) is 0.617. The van der Waals surface area contributed by atoms with Gasteiger partial charge in [0.2, 0.25) is 0 Å². The van der Waals surface area contributed by atoms with Crippen molar-refractivity contribution < 1.29 is 18.9 Å². The molecule has 2 saturated heterocycles. The maximum atomic E-state index is 6.04. The Morgan fingerprint density at radius 3 is 2.96 bits per heavy atom. The van der Waals surface area contributed by atoms with E-state index < -0.39 is 5.79 Å². The van der Waals surface area contributed by atoms with Gasteiger partial charge in [0.15, 0.2) is 11.7 Å². The minimum absolute atomic E-state index is 0.0249. The fourth-order valence-electron chi connectivity index (χ4n) is 2.94. The summed E-state index contributed by atoms with van der Waals surface area (Å²) in [6.07, 6.45) is 1.53. The van der Waals surface area contributed by atoms with E-state index in [2.05, 4.69) is 10.3 Å². The van der Waals surface area contributed by atoms with Crippen LogP contribution in [0.3, 0.4) is 0 Å². The molecule has 0 aliphatic carbocycles. The Labute approximate surface area is 142 Å². The number of para-hydroxylation sites is 1. The third-order valence-corrected chi connectivity index (χ3v) is 4.29. The third-order valence-electron chi connectivity index (χ3n) is 4.29. The average molecular weight is 335 g/mol. The van der Waals surface area contributed by atoms with Crippen molar-refractivity contribution in [3.8, 4) is 5.75 Å². The molecule has 3 rings (SSSR count). The van der Waals surface area contributed by atoms with Crippen molar-refractivity contribution in [2.75, 3.05) is 33.5 Å². The van der Waals surface area contributed by atoms with Gasteiger partial charge in [-0.3, -0.25) is 0 Å². The molecule has 0 aromatic heterocycles. The Balaban J connectivity index is 1.46. The largest absolute Gasteiger partial charge is 0.496 e. The lowest BCUT2D eigenvalue weighted by Gasteiger charge is -2.31. The fourth-order valence-corrected chi connectivity index (χ4v) is 2.94. The van der Waals surface area contributed by atoms with Gasteiger partial charge in [-0.1, -0.05) is 18.2 Å². The van der Waals surface area contributed by atoms with Crippen LogP contribution < -0.4 is 15.8 Å². The van der Waals surface area contributed by atoms with Gasteiger partial charge < -0.3 is 30.0 Å². The molecule has 1 atom stereocenters. The number of nitrogens with zero attached hydrogens (tertiary/aromatic N) is 1. The highest BCUT2D eigenvalue weighted by Crippen LogP contribution is 2.32.